The van der Waals surface area contributed by atoms with Crippen molar-refractivity contribution in [2.45, 2.75) is 26.4 Å². The number of nitrogens with zero attached hydrogens (tertiary/aromatic N) is 3. The maximum Gasteiger partial charge on any atom is 0.376 e. The van der Waals surface area contributed by atoms with Crippen molar-refractivity contribution < 1.29 is 9.53 Å². The Balaban J connectivity index is 1.34. The summed E-state index contributed by atoms with van der Waals surface area (Å²) in [7, 11) is 0. The first kappa shape index (κ1) is 20.3. The van der Waals surface area contributed by atoms with E-state index >= 15 is 0 Å². The van der Waals surface area contributed by atoms with E-state index in [-0.39, 0.29) is 12.4 Å². The van der Waals surface area contributed by atoms with E-state index in [1.54, 1.807) is 6.92 Å². The Morgan fingerprint density at radius 1 is 0.844 bits per heavy atom. The zero-order valence-electron chi connectivity index (χ0n) is 17.6. The summed E-state index contributed by atoms with van der Waals surface area (Å²) in [5.41, 5.74) is 2.18. The van der Waals surface area contributed by atoms with Crippen molar-refractivity contribution in [2.24, 2.45) is 0 Å². The van der Waals surface area contributed by atoms with Gasteiger partial charge in [0.2, 0.25) is 5.82 Å². The second-order valence-corrected chi connectivity index (χ2v) is 8.63. The topological polar surface area (TPSA) is 65.0 Å². The van der Waals surface area contributed by atoms with Gasteiger partial charge >= 0.3 is 5.97 Å². The first-order chi connectivity index (χ1) is 15.7. The molecule has 5 nitrogen and oxygen atoms in total. The lowest BCUT2D eigenvalue weighted by molar-refractivity contribution is 0.0456. The molecule has 0 radical (unpaired) electrons. The number of hydrogen-bond acceptors (Lipinski definition) is 6. The molecule has 32 heavy (non-hydrogen) atoms. The van der Waals surface area contributed by atoms with Crippen LogP contribution in [0.1, 0.15) is 33.4 Å². The van der Waals surface area contributed by atoms with E-state index in [1.165, 1.54) is 25.7 Å². The molecular formula is C26H21N3O2S. The van der Waals surface area contributed by atoms with E-state index in [9.17, 15) is 4.79 Å². The second kappa shape index (κ2) is 8.85. The van der Waals surface area contributed by atoms with Crippen LogP contribution in [0.2, 0.25) is 0 Å². The summed E-state index contributed by atoms with van der Waals surface area (Å²) in [5, 5.41) is 2.56. The summed E-state index contributed by atoms with van der Waals surface area (Å²) in [6.45, 7) is 1.96. The number of fused-ring (bicyclic) bond motifs is 3. The van der Waals surface area contributed by atoms with Crippen LogP contribution in [0.5, 0.6) is 0 Å². The summed E-state index contributed by atoms with van der Waals surface area (Å²) in [4.78, 5) is 25.5. The van der Waals surface area contributed by atoms with Gasteiger partial charge in [-0.25, -0.2) is 19.7 Å². The highest BCUT2D eigenvalue weighted by atomic mass is 32.1. The van der Waals surface area contributed by atoms with Gasteiger partial charge in [-0.05, 0) is 30.5 Å². The molecule has 2 heterocycles. The largest absolute Gasteiger partial charge is 0.455 e. The van der Waals surface area contributed by atoms with Crippen molar-refractivity contribution in [3.8, 4) is 0 Å². The predicted octanol–water partition coefficient (Wildman–Crippen LogP) is 5.69. The Morgan fingerprint density at radius 3 is 2.50 bits per heavy atom. The van der Waals surface area contributed by atoms with Crippen LogP contribution in [-0.4, -0.2) is 20.9 Å². The number of thiophene rings is 1. The summed E-state index contributed by atoms with van der Waals surface area (Å²) >= 11 is 1.81. The molecular weight excluding hydrogens is 418 g/mol. The minimum Gasteiger partial charge on any atom is -0.455 e. The number of carbonyl (C=O) groups excluding carboxylic acids is 1. The molecule has 2 aromatic heterocycles. The molecule has 0 amide bonds. The number of aromatic nitrogens is 3. The Morgan fingerprint density at radius 2 is 1.62 bits per heavy atom. The van der Waals surface area contributed by atoms with Crippen molar-refractivity contribution in [3.05, 3.63) is 101 Å². The summed E-state index contributed by atoms with van der Waals surface area (Å²) in [6.07, 6.45) is 1.40. The number of benzene rings is 3. The Hall–Kier alpha value is -3.64. The maximum atomic E-state index is 12.5. The van der Waals surface area contributed by atoms with Crippen LogP contribution in [0.3, 0.4) is 0 Å². The molecule has 0 aliphatic heterocycles. The molecule has 3 aromatic carbocycles. The molecule has 0 bridgehead atoms. The quantitative estimate of drug-likeness (QED) is 0.318. The van der Waals surface area contributed by atoms with Crippen LogP contribution >= 0.6 is 11.3 Å². The van der Waals surface area contributed by atoms with Gasteiger partial charge < -0.3 is 4.74 Å². The van der Waals surface area contributed by atoms with Crippen LogP contribution < -0.4 is 0 Å². The molecule has 0 N–H and O–H groups in total. The number of hydrogen-bond donors (Lipinski definition) is 0. The molecule has 0 atom stereocenters. The van der Waals surface area contributed by atoms with Gasteiger partial charge in [0, 0.05) is 26.6 Å². The van der Waals surface area contributed by atoms with E-state index in [1.807, 2.05) is 41.7 Å². The minimum absolute atomic E-state index is 0.0588. The zero-order valence-corrected chi connectivity index (χ0v) is 18.4. The molecule has 5 aromatic rings. The van der Waals surface area contributed by atoms with Gasteiger partial charge in [0.05, 0.1) is 0 Å². The van der Waals surface area contributed by atoms with E-state index in [4.69, 9.17) is 4.74 Å². The third kappa shape index (κ3) is 4.22. The van der Waals surface area contributed by atoms with Crippen LogP contribution in [0.4, 0.5) is 0 Å². The van der Waals surface area contributed by atoms with Crippen LogP contribution in [0, 0.1) is 6.92 Å². The Labute approximate surface area is 189 Å². The van der Waals surface area contributed by atoms with Crippen molar-refractivity contribution >= 4 is 37.5 Å². The van der Waals surface area contributed by atoms with E-state index in [0.717, 1.165) is 12.0 Å². The van der Waals surface area contributed by atoms with Gasteiger partial charge in [-0.15, -0.1) is 11.3 Å². The molecule has 0 aliphatic carbocycles. The standard InChI is InChI=1S/C26H21N3O2S/c1-17-27-23(29-25(28-17)26(30)31-16-18-8-3-2-4-9-18)15-14-19-10-7-12-21-20-11-5-6-13-22(20)32-24(19)21/h2-13H,14-16H2,1H3. The third-order valence-electron chi connectivity index (χ3n) is 5.29. The fourth-order valence-corrected chi connectivity index (χ4v) is 5.02. The maximum absolute atomic E-state index is 12.5. The average molecular weight is 440 g/mol. The van der Waals surface area contributed by atoms with Crippen molar-refractivity contribution in [2.75, 3.05) is 0 Å². The highest BCUT2D eigenvalue weighted by Crippen LogP contribution is 2.36. The van der Waals surface area contributed by atoms with Gasteiger partial charge in [-0.3, -0.25) is 0 Å². The lowest BCUT2D eigenvalue weighted by atomic mass is 10.1. The Kier molecular flexibility index (Phi) is 5.60. The first-order valence-corrected chi connectivity index (χ1v) is 11.3. The third-order valence-corrected chi connectivity index (χ3v) is 6.55. The van der Waals surface area contributed by atoms with Crippen molar-refractivity contribution in [1.82, 2.24) is 15.0 Å². The van der Waals surface area contributed by atoms with Crippen molar-refractivity contribution in [3.63, 3.8) is 0 Å². The van der Waals surface area contributed by atoms with Gasteiger partial charge in [-0.1, -0.05) is 66.7 Å². The summed E-state index contributed by atoms with van der Waals surface area (Å²) < 4.78 is 7.97. The van der Waals surface area contributed by atoms with Crippen LogP contribution in [0.15, 0.2) is 72.8 Å². The second-order valence-electron chi connectivity index (χ2n) is 7.58. The van der Waals surface area contributed by atoms with E-state index < -0.39 is 5.97 Å². The number of carbonyl (C=O) groups is 1. The van der Waals surface area contributed by atoms with Crippen LogP contribution in [0.25, 0.3) is 20.2 Å². The lowest BCUT2D eigenvalue weighted by Crippen LogP contribution is -2.14. The normalized spacial score (nSPS) is 11.2. The molecule has 158 valence electrons. The van der Waals surface area contributed by atoms with E-state index in [0.29, 0.717) is 18.1 Å². The summed E-state index contributed by atoms with van der Waals surface area (Å²) in [6, 6.07) is 24.5. The average Bonchev–Trinajstić information content (AvgIpc) is 3.21. The number of ether oxygens (including phenoxy) is 1. The van der Waals surface area contributed by atoms with Crippen LogP contribution in [-0.2, 0) is 24.2 Å². The predicted molar refractivity (Wildman–Crippen MR) is 127 cm³/mol. The minimum atomic E-state index is -0.535. The summed E-state index contributed by atoms with van der Waals surface area (Å²) in [5.74, 6) is 0.639. The van der Waals surface area contributed by atoms with Gasteiger partial charge in [-0.2, -0.15) is 0 Å². The van der Waals surface area contributed by atoms with Gasteiger partial charge in [0.15, 0.2) is 0 Å². The fourth-order valence-electron chi connectivity index (χ4n) is 3.78. The van der Waals surface area contributed by atoms with Gasteiger partial charge in [0.25, 0.3) is 0 Å². The molecule has 0 saturated heterocycles. The molecule has 6 heteroatoms. The lowest BCUT2D eigenvalue weighted by Gasteiger charge is -2.07. The number of esters is 1. The molecule has 0 saturated carbocycles. The number of aryl methyl sites for hydroxylation is 3. The Bertz CT molecular complexity index is 1410. The molecule has 0 fully saturated rings. The SMILES string of the molecule is Cc1nc(CCc2cccc3c2sc2ccccc23)nc(C(=O)OCc2ccccc2)n1. The zero-order chi connectivity index (χ0) is 21.9. The van der Waals surface area contributed by atoms with E-state index in [2.05, 4.69) is 57.4 Å². The first-order valence-electron chi connectivity index (χ1n) is 10.5. The molecule has 0 aliphatic rings. The fraction of sp³-hybridized carbons (Fsp3) is 0.154. The highest BCUT2D eigenvalue weighted by Gasteiger charge is 2.15. The highest BCUT2D eigenvalue weighted by molar-refractivity contribution is 7.26. The monoisotopic (exact) mass is 439 g/mol. The molecule has 0 spiro atoms. The smallest absolute Gasteiger partial charge is 0.376 e. The van der Waals surface area contributed by atoms with Crippen molar-refractivity contribution in [1.29, 1.82) is 0 Å². The van der Waals surface area contributed by atoms with Gasteiger partial charge in [0.1, 0.15) is 18.3 Å². The molecule has 0 unspecified atom stereocenters. The molecule has 5 rings (SSSR count). The number of rotatable bonds is 6.